The molecule has 0 aliphatic rings. The van der Waals surface area contributed by atoms with Crippen LogP contribution in [0.4, 0.5) is 0 Å². The van der Waals surface area contributed by atoms with Crippen molar-refractivity contribution in [1.82, 2.24) is 4.57 Å². The molecule has 3 rings (SSSR count). The summed E-state index contributed by atoms with van der Waals surface area (Å²) in [4.78, 5) is 5.83. The zero-order valence-electron chi connectivity index (χ0n) is 13.8. The number of benzene rings is 2. The predicted octanol–water partition coefficient (Wildman–Crippen LogP) is 5.01. The van der Waals surface area contributed by atoms with Crippen molar-refractivity contribution in [1.29, 1.82) is 0 Å². The number of phenols is 1. The standard InChI is InChI=1S/C18H22N2OS.ClH/c1-4-10-19-18-20(11-5-2)15-13-8-6-7-9-14(13)16(21)12(3)17(15)22-18;/h6-9,21H,4-5,10-11H2,1-3H3;1H. The normalized spacial score (nSPS) is 12.0. The Labute approximate surface area is 146 Å². The first-order valence-corrected chi connectivity index (χ1v) is 8.74. The summed E-state index contributed by atoms with van der Waals surface area (Å²) < 4.78 is 3.48. The summed E-state index contributed by atoms with van der Waals surface area (Å²) in [6, 6.07) is 8.10. The molecule has 1 N–H and O–H groups in total. The van der Waals surface area contributed by atoms with E-state index in [0.717, 1.165) is 51.8 Å². The van der Waals surface area contributed by atoms with Crippen LogP contribution in [0.15, 0.2) is 29.3 Å². The van der Waals surface area contributed by atoms with Crippen LogP contribution in [-0.4, -0.2) is 16.2 Å². The minimum atomic E-state index is 0. The molecule has 124 valence electrons. The minimum Gasteiger partial charge on any atom is -0.507 e. The third-order valence-electron chi connectivity index (χ3n) is 3.96. The Bertz CT molecular complexity index is 895. The van der Waals surface area contributed by atoms with E-state index in [9.17, 15) is 5.11 Å². The summed E-state index contributed by atoms with van der Waals surface area (Å²) >= 11 is 1.70. The van der Waals surface area contributed by atoms with E-state index < -0.39 is 0 Å². The van der Waals surface area contributed by atoms with Crippen LogP contribution in [0.2, 0.25) is 0 Å². The van der Waals surface area contributed by atoms with E-state index in [1.807, 2.05) is 25.1 Å². The highest BCUT2D eigenvalue weighted by atomic mass is 35.5. The summed E-state index contributed by atoms with van der Waals surface area (Å²) in [5.74, 6) is 0.398. The second-order valence-electron chi connectivity index (χ2n) is 5.61. The van der Waals surface area contributed by atoms with E-state index in [4.69, 9.17) is 4.99 Å². The number of halogens is 1. The lowest BCUT2D eigenvalue weighted by molar-refractivity contribution is 0.478. The van der Waals surface area contributed by atoms with Gasteiger partial charge in [0.2, 0.25) is 0 Å². The highest BCUT2D eigenvalue weighted by Gasteiger charge is 2.16. The van der Waals surface area contributed by atoms with E-state index >= 15 is 0 Å². The second kappa shape index (κ2) is 7.37. The van der Waals surface area contributed by atoms with Gasteiger partial charge in [0.15, 0.2) is 4.80 Å². The van der Waals surface area contributed by atoms with E-state index in [1.165, 1.54) is 5.52 Å². The van der Waals surface area contributed by atoms with Crippen LogP contribution in [0.25, 0.3) is 21.0 Å². The van der Waals surface area contributed by atoms with Gasteiger partial charge in [-0.05, 0) is 19.8 Å². The van der Waals surface area contributed by atoms with Crippen molar-refractivity contribution in [3.63, 3.8) is 0 Å². The molecule has 0 aliphatic carbocycles. The summed E-state index contributed by atoms with van der Waals surface area (Å²) in [6.07, 6.45) is 2.12. The van der Waals surface area contributed by atoms with E-state index in [2.05, 4.69) is 24.5 Å². The Morgan fingerprint density at radius 3 is 2.48 bits per heavy atom. The largest absolute Gasteiger partial charge is 0.507 e. The molecule has 0 amide bonds. The molecular formula is C18H23ClN2OS. The van der Waals surface area contributed by atoms with Crippen LogP contribution in [0, 0.1) is 6.92 Å². The zero-order chi connectivity index (χ0) is 15.7. The lowest BCUT2D eigenvalue weighted by Gasteiger charge is -2.10. The Kier molecular flexibility index (Phi) is 5.71. The molecule has 0 fully saturated rings. The van der Waals surface area contributed by atoms with Crippen LogP contribution >= 0.6 is 23.7 Å². The van der Waals surface area contributed by atoms with Crippen LogP contribution in [0.1, 0.15) is 32.3 Å². The average Bonchev–Trinajstić information content (AvgIpc) is 2.90. The third-order valence-corrected chi connectivity index (χ3v) is 5.20. The van der Waals surface area contributed by atoms with Crippen LogP contribution in [-0.2, 0) is 6.54 Å². The predicted molar refractivity (Wildman–Crippen MR) is 102 cm³/mol. The number of nitrogens with zero attached hydrogens (tertiary/aromatic N) is 2. The maximum atomic E-state index is 10.5. The number of aryl methyl sites for hydroxylation is 2. The second-order valence-corrected chi connectivity index (χ2v) is 6.59. The monoisotopic (exact) mass is 350 g/mol. The molecule has 0 atom stereocenters. The molecular weight excluding hydrogens is 328 g/mol. The first kappa shape index (κ1) is 17.8. The van der Waals surface area contributed by atoms with Crippen LogP contribution in [0.5, 0.6) is 5.75 Å². The lowest BCUT2D eigenvalue weighted by atomic mass is 10.0. The molecule has 3 aromatic rings. The number of aromatic nitrogens is 1. The van der Waals surface area contributed by atoms with Gasteiger partial charge in [0, 0.05) is 29.4 Å². The molecule has 0 aliphatic heterocycles. The van der Waals surface area contributed by atoms with E-state index in [-0.39, 0.29) is 12.4 Å². The molecule has 0 saturated carbocycles. The van der Waals surface area contributed by atoms with Gasteiger partial charge in [0.05, 0.1) is 10.2 Å². The molecule has 0 spiro atoms. The van der Waals surface area contributed by atoms with Gasteiger partial charge in [-0.25, -0.2) is 0 Å². The van der Waals surface area contributed by atoms with Gasteiger partial charge in [-0.2, -0.15) is 0 Å². The van der Waals surface area contributed by atoms with Crippen molar-refractivity contribution >= 4 is 44.7 Å². The van der Waals surface area contributed by atoms with Crippen molar-refractivity contribution in [3.8, 4) is 5.75 Å². The number of aromatic hydroxyl groups is 1. The quantitative estimate of drug-likeness (QED) is 0.705. The van der Waals surface area contributed by atoms with Crippen molar-refractivity contribution in [2.75, 3.05) is 6.54 Å². The molecule has 23 heavy (non-hydrogen) atoms. The summed E-state index contributed by atoms with van der Waals surface area (Å²) in [5.41, 5.74) is 2.18. The molecule has 0 radical (unpaired) electrons. The highest BCUT2D eigenvalue weighted by molar-refractivity contribution is 7.16. The number of thiazole rings is 1. The van der Waals surface area contributed by atoms with Gasteiger partial charge in [0.1, 0.15) is 5.75 Å². The van der Waals surface area contributed by atoms with Crippen molar-refractivity contribution < 1.29 is 5.11 Å². The summed E-state index contributed by atoms with van der Waals surface area (Å²) in [7, 11) is 0. The van der Waals surface area contributed by atoms with Crippen LogP contribution in [0.3, 0.4) is 0 Å². The smallest absolute Gasteiger partial charge is 0.185 e. The summed E-state index contributed by atoms with van der Waals surface area (Å²) in [5, 5.41) is 12.6. The molecule has 5 heteroatoms. The fourth-order valence-corrected chi connectivity index (χ4v) is 4.09. The topological polar surface area (TPSA) is 37.5 Å². The van der Waals surface area contributed by atoms with Gasteiger partial charge in [-0.15, -0.1) is 12.4 Å². The SMILES string of the molecule is CCCN=c1sc2c(C)c(O)c3ccccc3c2n1CCC.Cl. The van der Waals surface area contributed by atoms with E-state index in [0.29, 0.717) is 5.75 Å². The molecule has 2 aromatic carbocycles. The fourth-order valence-electron chi connectivity index (χ4n) is 2.90. The van der Waals surface area contributed by atoms with Gasteiger partial charge >= 0.3 is 0 Å². The highest BCUT2D eigenvalue weighted by Crippen LogP contribution is 2.38. The number of fused-ring (bicyclic) bond motifs is 3. The van der Waals surface area contributed by atoms with E-state index in [1.54, 1.807) is 11.3 Å². The van der Waals surface area contributed by atoms with Gasteiger partial charge in [-0.3, -0.25) is 4.99 Å². The number of hydrogen-bond acceptors (Lipinski definition) is 3. The average molecular weight is 351 g/mol. The van der Waals surface area contributed by atoms with Gasteiger partial charge < -0.3 is 9.67 Å². The first-order valence-electron chi connectivity index (χ1n) is 7.93. The Hall–Kier alpha value is -1.52. The van der Waals surface area contributed by atoms with Gasteiger partial charge in [0.25, 0.3) is 0 Å². The molecule has 0 saturated heterocycles. The number of rotatable bonds is 4. The molecule has 0 bridgehead atoms. The maximum absolute atomic E-state index is 10.5. The molecule has 1 aromatic heterocycles. The van der Waals surface area contributed by atoms with Crippen molar-refractivity contribution in [3.05, 3.63) is 34.6 Å². The molecule has 3 nitrogen and oxygen atoms in total. The molecule has 0 unspecified atom stereocenters. The first-order chi connectivity index (χ1) is 10.7. The lowest BCUT2D eigenvalue weighted by Crippen LogP contribution is -2.15. The summed E-state index contributed by atoms with van der Waals surface area (Å²) in [6.45, 7) is 8.14. The Morgan fingerprint density at radius 2 is 1.83 bits per heavy atom. The van der Waals surface area contributed by atoms with Crippen LogP contribution < -0.4 is 4.80 Å². The third kappa shape index (κ3) is 2.98. The van der Waals surface area contributed by atoms with Crippen molar-refractivity contribution in [2.45, 2.75) is 40.2 Å². The Balaban J connectivity index is 0.00000192. The number of hydrogen-bond donors (Lipinski definition) is 1. The molecule has 1 heterocycles. The van der Waals surface area contributed by atoms with Gasteiger partial charge in [-0.1, -0.05) is 49.4 Å². The minimum absolute atomic E-state index is 0. The number of phenolic OH excluding ortho intramolecular Hbond substituents is 1. The zero-order valence-corrected chi connectivity index (χ0v) is 15.4. The van der Waals surface area contributed by atoms with Crippen molar-refractivity contribution in [2.24, 2.45) is 4.99 Å². The maximum Gasteiger partial charge on any atom is 0.185 e. The Morgan fingerprint density at radius 1 is 1.13 bits per heavy atom. The fraction of sp³-hybridized carbons (Fsp3) is 0.389.